The number of carbonyl (C=O) groups excluding carboxylic acids is 2. The van der Waals surface area contributed by atoms with Crippen molar-refractivity contribution in [3.63, 3.8) is 0 Å². The highest BCUT2D eigenvalue weighted by Gasteiger charge is 2.46. The molecule has 8 heteroatoms. The number of Topliss-reactive ketones (excluding diaryl/α,β-unsaturated/α-hetero) is 1. The normalized spacial score (nSPS) is 20.1. The Morgan fingerprint density at radius 3 is 2.63 bits per heavy atom. The van der Waals surface area contributed by atoms with Gasteiger partial charge < -0.3 is 24.4 Å². The van der Waals surface area contributed by atoms with Gasteiger partial charge in [-0.15, -0.1) is 0 Å². The quantitative estimate of drug-likeness (QED) is 0.422. The van der Waals surface area contributed by atoms with E-state index in [0.29, 0.717) is 49.1 Å². The Morgan fingerprint density at radius 1 is 1.17 bits per heavy atom. The third-order valence-corrected chi connectivity index (χ3v) is 5.18. The molecular formula is C22H24N3O5+. The van der Waals surface area contributed by atoms with Gasteiger partial charge in [-0.05, 0) is 30.3 Å². The summed E-state index contributed by atoms with van der Waals surface area (Å²) in [5.41, 5.74) is 0.949. The van der Waals surface area contributed by atoms with Crippen LogP contribution >= 0.6 is 0 Å². The van der Waals surface area contributed by atoms with Gasteiger partial charge in [0.2, 0.25) is 0 Å². The number of nitrogens with zero attached hydrogens (tertiary/aromatic N) is 2. The Labute approximate surface area is 174 Å². The molecule has 8 nitrogen and oxygen atoms in total. The Bertz CT molecular complexity index is 1000. The smallest absolute Gasteiger partial charge is 0.295 e. The molecule has 3 heterocycles. The predicted molar refractivity (Wildman–Crippen MR) is 108 cm³/mol. The van der Waals surface area contributed by atoms with Gasteiger partial charge in [0.05, 0.1) is 38.5 Å². The fraction of sp³-hybridized carbons (Fsp3) is 0.318. The molecule has 30 heavy (non-hydrogen) atoms. The van der Waals surface area contributed by atoms with Crippen molar-refractivity contribution < 1.29 is 29.1 Å². The van der Waals surface area contributed by atoms with Gasteiger partial charge >= 0.3 is 0 Å². The third kappa shape index (κ3) is 3.61. The van der Waals surface area contributed by atoms with Crippen LogP contribution in [-0.2, 0) is 9.59 Å². The van der Waals surface area contributed by atoms with E-state index < -0.39 is 17.7 Å². The van der Waals surface area contributed by atoms with E-state index in [1.807, 2.05) is 14.1 Å². The summed E-state index contributed by atoms with van der Waals surface area (Å²) in [4.78, 5) is 32.8. The summed E-state index contributed by atoms with van der Waals surface area (Å²) in [6.07, 6.45) is 1.61. The molecule has 1 saturated heterocycles. The van der Waals surface area contributed by atoms with E-state index in [9.17, 15) is 14.7 Å². The lowest BCUT2D eigenvalue weighted by Gasteiger charge is -2.25. The van der Waals surface area contributed by atoms with Gasteiger partial charge in [-0.2, -0.15) is 0 Å². The summed E-state index contributed by atoms with van der Waals surface area (Å²) in [6, 6.07) is 9.52. The number of fused-ring (bicyclic) bond motifs is 1. The van der Waals surface area contributed by atoms with Crippen molar-refractivity contribution in [2.75, 3.05) is 40.4 Å². The van der Waals surface area contributed by atoms with Crippen LogP contribution in [-0.4, -0.2) is 67.1 Å². The predicted octanol–water partition coefficient (Wildman–Crippen LogP) is 0.419. The maximum absolute atomic E-state index is 12.9. The van der Waals surface area contributed by atoms with Gasteiger partial charge in [0.1, 0.15) is 25.0 Å². The number of aromatic nitrogens is 1. The highest BCUT2D eigenvalue weighted by Crippen LogP contribution is 2.40. The largest absolute Gasteiger partial charge is 0.507 e. The monoisotopic (exact) mass is 410 g/mol. The molecule has 0 radical (unpaired) electrons. The number of pyridine rings is 1. The Hall–Kier alpha value is -3.39. The number of hydrogen-bond acceptors (Lipinski definition) is 6. The second-order valence-electron chi connectivity index (χ2n) is 7.56. The summed E-state index contributed by atoms with van der Waals surface area (Å²) < 4.78 is 11.1. The maximum atomic E-state index is 12.9. The average molecular weight is 410 g/mol. The SMILES string of the molecule is C[NH+](C)CCN1C(=O)C(=O)C(=C(O)c2ccc3c(c2)OCCO3)[C@H]1c1ccccn1. The van der Waals surface area contributed by atoms with Crippen LogP contribution in [0, 0.1) is 0 Å². The zero-order valence-electron chi connectivity index (χ0n) is 16.9. The molecule has 1 atom stereocenters. The second-order valence-corrected chi connectivity index (χ2v) is 7.56. The molecule has 2 aliphatic heterocycles. The molecule has 156 valence electrons. The van der Waals surface area contributed by atoms with Crippen molar-refractivity contribution in [1.82, 2.24) is 9.88 Å². The highest BCUT2D eigenvalue weighted by atomic mass is 16.6. The Morgan fingerprint density at radius 2 is 1.93 bits per heavy atom. The van der Waals surface area contributed by atoms with Crippen LogP contribution < -0.4 is 14.4 Å². The van der Waals surface area contributed by atoms with E-state index in [-0.39, 0.29) is 11.3 Å². The topological polar surface area (TPSA) is 93.4 Å². The summed E-state index contributed by atoms with van der Waals surface area (Å²) >= 11 is 0. The number of benzene rings is 1. The van der Waals surface area contributed by atoms with Gasteiger partial charge in [-0.1, -0.05) is 6.07 Å². The van der Waals surface area contributed by atoms with Crippen LogP contribution in [0.3, 0.4) is 0 Å². The highest BCUT2D eigenvalue weighted by molar-refractivity contribution is 6.46. The van der Waals surface area contributed by atoms with Crippen molar-refractivity contribution in [2.24, 2.45) is 0 Å². The number of likely N-dealkylation sites (N-methyl/N-ethyl adjacent to an activating group) is 1. The maximum Gasteiger partial charge on any atom is 0.295 e. The van der Waals surface area contributed by atoms with Crippen molar-refractivity contribution >= 4 is 17.4 Å². The van der Waals surface area contributed by atoms with E-state index in [4.69, 9.17) is 9.47 Å². The van der Waals surface area contributed by atoms with Gasteiger partial charge in [0.15, 0.2) is 11.5 Å². The first-order valence-corrected chi connectivity index (χ1v) is 9.85. The van der Waals surface area contributed by atoms with Crippen LogP contribution in [0.2, 0.25) is 0 Å². The van der Waals surface area contributed by atoms with E-state index in [1.165, 1.54) is 4.90 Å². The summed E-state index contributed by atoms with van der Waals surface area (Å²) in [6.45, 7) is 1.88. The first-order valence-electron chi connectivity index (χ1n) is 9.85. The lowest BCUT2D eigenvalue weighted by molar-refractivity contribution is -0.857. The summed E-state index contributed by atoms with van der Waals surface area (Å²) in [7, 11) is 3.95. The molecule has 0 saturated carbocycles. The first-order chi connectivity index (χ1) is 14.5. The number of ketones is 1. The first kappa shape index (κ1) is 19.9. The van der Waals surface area contributed by atoms with Gasteiger partial charge in [-0.25, -0.2) is 0 Å². The molecular weight excluding hydrogens is 386 g/mol. The summed E-state index contributed by atoms with van der Waals surface area (Å²) in [5, 5.41) is 11.1. The number of hydrogen-bond donors (Lipinski definition) is 2. The zero-order chi connectivity index (χ0) is 21.3. The lowest BCUT2D eigenvalue weighted by atomic mass is 9.98. The van der Waals surface area contributed by atoms with Crippen LogP contribution in [0.1, 0.15) is 17.3 Å². The minimum atomic E-state index is -0.751. The van der Waals surface area contributed by atoms with Crippen LogP contribution in [0.5, 0.6) is 11.5 Å². The molecule has 2 N–H and O–H groups in total. The number of ether oxygens (including phenoxy) is 2. The number of nitrogens with one attached hydrogen (secondary N) is 1. The molecule has 1 fully saturated rings. The fourth-order valence-electron chi connectivity index (χ4n) is 3.65. The van der Waals surface area contributed by atoms with E-state index in [0.717, 1.165) is 4.90 Å². The molecule has 2 aromatic rings. The van der Waals surface area contributed by atoms with E-state index >= 15 is 0 Å². The molecule has 1 aromatic carbocycles. The van der Waals surface area contributed by atoms with E-state index in [2.05, 4.69) is 4.98 Å². The van der Waals surface area contributed by atoms with E-state index in [1.54, 1.807) is 42.6 Å². The Balaban J connectivity index is 1.81. The van der Waals surface area contributed by atoms with Crippen molar-refractivity contribution in [2.45, 2.75) is 6.04 Å². The third-order valence-electron chi connectivity index (χ3n) is 5.18. The standard InChI is InChI=1S/C22H23N3O5/c1-24(2)9-10-25-19(15-5-3-4-8-23-15)18(21(27)22(25)28)20(26)14-6-7-16-17(13-14)30-12-11-29-16/h3-8,13,19,26H,9-12H2,1-2H3/p+1/t19-/m1/s1. The van der Waals surface area contributed by atoms with Crippen LogP contribution in [0.25, 0.3) is 5.76 Å². The Kier molecular flexibility index (Phi) is 5.41. The molecule has 2 aliphatic rings. The second kappa shape index (κ2) is 8.16. The zero-order valence-corrected chi connectivity index (χ0v) is 16.9. The minimum Gasteiger partial charge on any atom is -0.507 e. The molecule has 0 spiro atoms. The van der Waals surface area contributed by atoms with Crippen molar-refractivity contribution in [1.29, 1.82) is 0 Å². The number of likely N-dealkylation sites (tertiary alicyclic amines) is 1. The van der Waals surface area contributed by atoms with Crippen LogP contribution in [0.4, 0.5) is 0 Å². The lowest BCUT2D eigenvalue weighted by Crippen LogP contribution is -3.06. The number of aliphatic hydroxyl groups excluding tert-OH is 1. The number of amides is 1. The average Bonchev–Trinajstić information content (AvgIpc) is 3.02. The number of quaternary nitrogens is 1. The molecule has 0 unspecified atom stereocenters. The molecule has 0 aliphatic carbocycles. The number of carbonyl (C=O) groups is 2. The number of aliphatic hydroxyl groups is 1. The molecule has 4 rings (SSSR count). The van der Waals surface area contributed by atoms with Crippen molar-refractivity contribution in [3.05, 3.63) is 59.4 Å². The number of rotatable bonds is 5. The fourth-order valence-corrected chi connectivity index (χ4v) is 3.65. The van der Waals surface area contributed by atoms with Gasteiger partial charge in [0.25, 0.3) is 11.7 Å². The molecule has 1 aromatic heterocycles. The summed E-state index contributed by atoms with van der Waals surface area (Å²) in [5.74, 6) is -0.530. The van der Waals surface area contributed by atoms with Gasteiger partial charge in [0, 0.05) is 11.8 Å². The van der Waals surface area contributed by atoms with Crippen molar-refractivity contribution in [3.8, 4) is 11.5 Å². The van der Waals surface area contributed by atoms with Gasteiger partial charge in [-0.3, -0.25) is 14.6 Å². The minimum absolute atomic E-state index is 0.0316. The molecule has 0 bridgehead atoms. The molecule has 1 amide bonds. The van der Waals surface area contributed by atoms with Crippen LogP contribution in [0.15, 0.2) is 48.2 Å².